The van der Waals surface area contributed by atoms with Crippen molar-refractivity contribution in [2.24, 2.45) is 4.99 Å². The van der Waals surface area contributed by atoms with E-state index in [1.54, 1.807) is 7.05 Å². The van der Waals surface area contributed by atoms with Crippen LogP contribution >= 0.6 is 0 Å². The van der Waals surface area contributed by atoms with E-state index in [0.717, 1.165) is 78.8 Å². The van der Waals surface area contributed by atoms with Gasteiger partial charge in [-0.25, -0.2) is 9.67 Å². The van der Waals surface area contributed by atoms with Crippen LogP contribution in [0.1, 0.15) is 129 Å². The van der Waals surface area contributed by atoms with Crippen LogP contribution in [-0.4, -0.2) is 44.3 Å². The van der Waals surface area contributed by atoms with Gasteiger partial charge in [0.25, 0.3) is 0 Å². The molecule has 2 aromatic heterocycles. The zero-order valence-corrected chi connectivity index (χ0v) is 28.8. The normalized spacial score (nSPS) is 14.9. The number of nitrogens with one attached hydrogen (secondary N) is 3. The Balaban J connectivity index is 0.00000282. The molecule has 0 bridgehead atoms. The van der Waals surface area contributed by atoms with Gasteiger partial charge in [0.2, 0.25) is 0 Å². The Hall–Kier alpha value is -4.08. The van der Waals surface area contributed by atoms with Crippen LogP contribution < -0.4 is 5.32 Å². The Bertz CT molecular complexity index is 1520. The van der Waals surface area contributed by atoms with Crippen LogP contribution in [0.25, 0.3) is 17.3 Å². The number of rotatable bonds is 11. The van der Waals surface area contributed by atoms with Crippen molar-refractivity contribution < 1.29 is 8.78 Å². The van der Waals surface area contributed by atoms with Crippen molar-refractivity contribution in [3.05, 3.63) is 58.9 Å². The highest BCUT2D eigenvalue weighted by atomic mass is 19.3. The maximum absolute atomic E-state index is 13.5. The highest BCUT2D eigenvalue weighted by molar-refractivity contribution is 6.03. The van der Waals surface area contributed by atoms with E-state index in [1.165, 1.54) is 29.3 Å². The molecule has 1 aliphatic rings. The number of nitrogens with zero attached hydrogens (tertiary/aromatic N) is 5. The third-order valence-corrected chi connectivity index (χ3v) is 8.64. The minimum Gasteiger partial charge on any atom is -0.344 e. The number of hydrogen-bond donors (Lipinski definition) is 3. The van der Waals surface area contributed by atoms with Crippen LogP contribution in [0.4, 0.5) is 20.3 Å². The lowest BCUT2D eigenvalue weighted by atomic mass is 9.94. The van der Waals surface area contributed by atoms with Crippen molar-refractivity contribution in [2.45, 2.75) is 112 Å². The highest BCUT2D eigenvalue weighted by Gasteiger charge is 2.25. The molecule has 4 rings (SSSR count). The van der Waals surface area contributed by atoms with Gasteiger partial charge in [0.05, 0.1) is 18.2 Å². The molecule has 1 aliphatic carbocycles. The van der Waals surface area contributed by atoms with Crippen molar-refractivity contribution in [3.63, 3.8) is 0 Å². The Morgan fingerprint density at radius 3 is 2.43 bits per heavy atom. The number of aliphatic imine (C=N–C) groups is 1. The van der Waals surface area contributed by atoms with Gasteiger partial charge in [-0.1, -0.05) is 65.5 Å². The summed E-state index contributed by atoms with van der Waals surface area (Å²) in [6, 6.07) is 8.17. The number of amidine groups is 2. The number of alkyl halides is 2. The highest BCUT2D eigenvalue weighted by Crippen LogP contribution is 2.41. The maximum Gasteiger partial charge on any atom is 0.333 e. The van der Waals surface area contributed by atoms with Crippen LogP contribution in [0.15, 0.2) is 47.2 Å². The minimum absolute atomic E-state index is 0.205. The Kier molecular flexibility index (Phi) is 13.5. The summed E-state index contributed by atoms with van der Waals surface area (Å²) in [5, 5.41) is 23.5. The largest absolute Gasteiger partial charge is 0.344 e. The van der Waals surface area contributed by atoms with Gasteiger partial charge < -0.3 is 14.8 Å². The molecule has 8 nitrogen and oxygen atoms in total. The van der Waals surface area contributed by atoms with Gasteiger partial charge in [-0.3, -0.25) is 10.8 Å². The second-order valence-corrected chi connectivity index (χ2v) is 11.8. The fourth-order valence-electron chi connectivity index (χ4n) is 5.74. The molecule has 2 heterocycles. The van der Waals surface area contributed by atoms with E-state index >= 15 is 0 Å². The average molecular weight is 635 g/mol. The molecule has 0 amide bonds. The van der Waals surface area contributed by atoms with Gasteiger partial charge >= 0.3 is 6.55 Å². The number of aromatic nitrogens is 3. The van der Waals surface area contributed by atoms with Crippen molar-refractivity contribution in [1.82, 2.24) is 19.2 Å². The quantitative estimate of drug-likeness (QED) is 0.145. The summed E-state index contributed by atoms with van der Waals surface area (Å²) in [6.07, 6.45) is 13.5. The smallest absolute Gasteiger partial charge is 0.333 e. The number of benzene rings is 1. The van der Waals surface area contributed by atoms with Crippen molar-refractivity contribution in [1.29, 1.82) is 10.8 Å². The third-order valence-electron chi connectivity index (χ3n) is 8.64. The van der Waals surface area contributed by atoms with E-state index in [1.807, 2.05) is 39.0 Å². The zero-order valence-electron chi connectivity index (χ0n) is 28.8. The van der Waals surface area contributed by atoms with Gasteiger partial charge in [0.15, 0.2) is 0 Å². The van der Waals surface area contributed by atoms with Crippen LogP contribution in [0.2, 0.25) is 0 Å². The molecule has 0 aliphatic heterocycles. The van der Waals surface area contributed by atoms with Gasteiger partial charge in [-0.05, 0) is 75.3 Å². The molecule has 46 heavy (non-hydrogen) atoms. The summed E-state index contributed by atoms with van der Waals surface area (Å²) in [6.45, 7) is 11.8. The van der Waals surface area contributed by atoms with E-state index in [0.29, 0.717) is 16.1 Å². The molecule has 250 valence electrons. The van der Waals surface area contributed by atoms with E-state index < -0.39 is 6.55 Å². The Labute approximate surface area is 273 Å². The molecule has 1 atom stereocenters. The lowest BCUT2D eigenvalue weighted by Gasteiger charge is -2.27. The third kappa shape index (κ3) is 8.59. The van der Waals surface area contributed by atoms with E-state index in [-0.39, 0.29) is 17.8 Å². The van der Waals surface area contributed by atoms with Gasteiger partial charge in [-0.15, -0.1) is 0 Å². The van der Waals surface area contributed by atoms with E-state index in [9.17, 15) is 8.78 Å². The van der Waals surface area contributed by atoms with Crippen molar-refractivity contribution >= 4 is 35.6 Å². The predicted octanol–water partition coefficient (Wildman–Crippen LogP) is 10.6. The summed E-state index contributed by atoms with van der Waals surface area (Å²) in [5.41, 5.74) is 6.40. The number of hydrogen-bond acceptors (Lipinski definition) is 4. The van der Waals surface area contributed by atoms with Crippen LogP contribution in [0, 0.1) is 10.8 Å². The molecular formula is C36H52F2N8. The number of anilines is 1. The maximum atomic E-state index is 13.5. The second kappa shape index (κ2) is 17.0. The number of halogens is 2. The fraction of sp³-hybridized carbons (Fsp3) is 0.500. The molecule has 1 aromatic carbocycles. The monoisotopic (exact) mass is 634 g/mol. The minimum atomic E-state index is -2.70. The zero-order chi connectivity index (χ0) is 34.0. The average Bonchev–Trinajstić information content (AvgIpc) is 3.70. The predicted molar refractivity (Wildman–Crippen MR) is 189 cm³/mol. The summed E-state index contributed by atoms with van der Waals surface area (Å²) < 4.78 is 30.0. The van der Waals surface area contributed by atoms with Crippen molar-refractivity contribution in [3.8, 4) is 11.3 Å². The molecule has 3 N–H and O–H groups in total. The Morgan fingerprint density at radius 2 is 1.85 bits per heavy atom. The standard InChI is InChI=1S/C34H46F2N8.C2H6/c1-7-22(3)16-26-18-31(27-19-39-43(20-27)34(35)36)44(28-12-10-9-11-13-28)33(26)41-24(5)40-30-15-14-25(32(38)42(6)21-37)17-29(30)23(4)8-2;1-2/h14-21,23,28,34,37-38H,7-13H2,1-6H3,(H,40,41);1-2H3. The lowest BCUT2D eigenvalue weighted by molar-refractivity contribution is 0.0566. The second-order valence-electron chi connectivity index (χ2n) is 11.8. The topological polar surface area (TPSA) is 98.1 Å². The van der Waals surface area contributed by atoms with Crippen molar-refractivity contribution in [2.75, 3.05) is 12.4 Å². The molecule has 1 saturated carbocycles. The molecule has 0 radical (unpaired) electrons. The molecular weight excluding hydrogens is 582 g/mol. The van der Waals surface area contributed by atoms with Gasteiger partial charge in [-0.2, -0.15) is 13.9 Å². The SMILES string of the molecule is CC.CCC(C)=Cc1cc(-c2cnn(C(F)F)c2)n(C2CCCCC2)c1/N=C(\C)Nc1ccc(C(=N)N(C)C=N)cc1C(C)CC. The molecule has 3 aromatic rings. The number of allylic oxidation sites excluding steroid dienone is 1. The molecule has 0 spiro atoms. The fourth-order valence-corrected chi connectivity index (χ4v) is 5.74. The summed E-state index contributed by atoms with van der Waals surface area (Å²) >= 11 is 0. The van der Waals surface area contributed by atoms with E-state index in [2.05, 4.69) is 54.8 Å². The van der Waals surface area contributed by atoms with Crippen LogP contribution in [-0.2, 0) is 0 Å². The first kappa shape index (κ1) is 36.4. The van der Waals surface area contributed by atoms with Crippen LogP contribution in [0.5, 0.6) is 0 Å². The Morgan fingerprint density at radius 1 is 1.15 bits per heavy atom. The molecule has 10 heteroatoms. The summed E-state index contributed by atoms with van der Waals surface area (Å²) in [5.74, 6) is 2.02. The molecule has 0 saturated heterocycles. The summed E-state index contributed by atoms with van der Waals surface area (Å²) in [7, 11) is 1.70. The first-order valence-corrected chi connectivity index (χ1v) is 16.6. The van der Waals surface area contributed by atoms with E-state index in [4.69, 9.17) is 15.8 Å². The van der Waals surface area contributed by atoms with Gasteiger partial charge in [0, 0.05) is 41.7 Å². The lowest BCUT2D eigenvalue weighted by Crippen LogP contribution is -2.25. The first-order chi connectivity index (χ1) is 22.1. The molecule has 1 fully saturated rings. The van der Waals surface area contributed by atoms with Gasteiger partial charge in [0.1, 0.15) is 17.5 Å². The van der Waals surface area contributed by atoms with Crippen LogP contribution in [0.3, 0.4) is 0 Å². The molecule has 1 unspecified atom stereocenters. The first-order valence-electron chi connectivity index (χ1n) is 16.6. The summed E-state index contributed by atoms with van der Waals surface area (Å²) in [4.78, 5) is 6.68.